The molecule has 3 unspecified atom stereocenters. The molecule has 6 rings (SSSR count). The normalized spacial score (nSPS) is 26.7. The molecule has 2 heterocycles. The lowest BCUT2D eigenvalue weighted by atomic mass is 9.43. The van der Waals surface area contributed by atoms with Crippen molar-refractivity contribution in [2.24, 2.45) is 23.8 Å². The number of imidazole rings is 1. The van der Waals surface area contributed by atoms with Crippen molar-refractivity contribution in [3.05, 3.63) is 46.4 Å². The van der Waals surface area contributed by atoms with Crippen LogP contribution >= 0.6 is 0 Å². The Kier molecular flexibility index (Phi) is 8.98. The Hall–Kier alpha value is -4.29. The minimum absolute atomic E-state index is 0.0826. The zero-order valence-electron chi connectivity index (χ0n) is 27.3. The van der Waals surface area contributed by atoms with Crippen LogP contribution in [0.25, 0.3) is 0 Å². The molecule has 13 heteroatoms. The standard InChI is InChI=1S/C33H45N7O6/c1-6-34-29(45)25(41)10-9-22(36-28(44)24-15-35-20(2)39(24)5)27(43)37-23-8-7-11-40(30(23)46)16-26(42)38-33-14-21-12-31(3,18-33)17-32(4,13-21)19-33/h7-8,11,15,21-22H,6,9-10,12-14,16-19H2,1-5H3,(H,34,45)(H,36,44)(H,37,43)(H,38,42). The zero-order chi connectivity index (χ0) is 33.4. The molecule has 0 aromatic carbocycles. The van der Waals surface area contributed by atoms with E-state index in [9.17, 15) is 28.8 Å². The number of ketones is 1. The van der Waals surface area contributed by atoms with E-state index in [1.54, 1.807) is 31.5 Å². The Morgan fingerprint density at radius 3 is 2.37 bits per heavy atom. The predicted molar refractivity (Wildman–Crippen MR) is 170 cm³/mol. The van der Waals surface area contributed by atoms with Crippen molar-refractivity contribution in [3.8, 4) is 0 Å². The third-order valence-corrected chi connectivity index (χ3v) is 9.95. The summed E-state index contributed by atoms with van der Waals surface area (Å²) >= 11 is 0. The highest BCUT2D eigenvalue weighted by Gasteiger charge is 2.60. The number of carbonyl (C=O) groups excluding carboxylic acids is 5. The third-order valence-electron chi connectivity index (χ3n) is 9.95. The second kappa shape index (κ2) is 12.5. The summed E-state index contributed by atoms with van der Waals surface area (Å²) in [4.78, 5) is 81.7. The lowest BCUT2D eigenvalue weighted by Crippen LogP contribution is -2.65. The summed E-state index contributed by atoms with van der Waals surface area (Å²) in [5.74, 6) is -1.94. The molecular formula is C33H45N7O6. The Bertz CT molecular complexity index is 1610. The minimum Gasteiger partial charge on any atom is -0.350 e. The monoisotopic (exact) mass is 635 g/mol. The number of aryl methyl sites for hydroxylation is 1. The fourth-order valence-electron chi connectivity index (χ4n) is 8.92. The van der Waals surface area contributed by atoms with E-state index in [0.29, 0.717) is 11.7 Å². The van der Waals surface area contributed by atoms with Crippen molar-refractivity contribution in [1.29, 1.82) is 0 Å². The summed E-state index contributed by atoms with van der Waals surface area (Å²) in [7, 11) is 1.65. The van der Waals surface area contributed by atoms with E-state index in [1.807, 2.05) is 0 Å². The summed E-state index contributed by atoms with van der Waals surface area (Å²) in [5, 5.41) is 10.9. The van der Waals surface area contributed by atoms with Crippen molar-refractivity contribution >= 4 is 35.1 Å². The molecule has 4 saturated carbocycles. The van der Waals surface area contributed by atoms with Crippen molar-refractivity contribution < 1.29 is 24.0 Å². The first kappa shape index (κ1) is 33.1. The smallest absolute Gasteiger partial charge is 0.287 e. The Morgan fingerprint density at radius 1 is 1.07 bits per heavy atom. The van der Waals surface area contributed by atoms with Crippen LogP contribution in [0.1, 0.15) is 88.5 Å². The summed E-state index contributed by atoms with van der Waals surface area (Å²) in [5.41, 5.74) is -0.302. The van der Waals surface area contributed by atoms with Crippen LogP contribution in [0.4, 0.5) is 5.69 Å². The van der Waals surface area contributed by atoms with Crippen molar-refractivity contribution in [2.75, 3.05) is 11.9 Å². The molecule has 46 heavy (non-hydrogen) atoms. The number of hydrogen-bond acceptors (Lipinski definition) is 7. The maximum atomic E-state index is 13.5. The molecule has 4 bridgehead atoms. The lowest BCUT2D eigenvalue weighted by molar-refractivity contribution is -0.140. The number of Topliss-reactive ketones (excluding diaryl/α,β-unsaturated/α-hetero) is 1. The highest BCUT2D eigenvalue weighted by atomic mass is 16.2. The van der Waals surface area contributed by atoms with Gasteiger partial charge in [-0.05, 0) is 87.7 Å². The van der Waals surface area contributed by atoms with Crippen LogP contribution in [-0.2, 0) is 32.8 Å². The Labute approximate surface area is 268 Å². The molecule has 4 aliphatic rings. The van der Waals surface area contributed by atoms with Crippen LogP contribution in [0.15, 0.2) is 29.3 Å². The van der Waals surface area contributed by atoms with Crippen LogP contribution < -0.4 is 26.8 Å². The number of likely N-dealkylation sites (N-methyl/N-ethyl adjacent to an activating group) is 1. The van der Waals surface area contributed by atoms with Crippen molar-refractivity contribution in [2.45, 2.75) is 97.2 Å². The van der Waals surface area contributed by atoms with Gasteiger partial charge in [-0.3, -0.25) is 28.8 Å². The first-order valence-corrected chi connectivity index (χ1v) is 16.1. The number of pyridine rings is 1. The van der Waals surface area contributed by atoms with E-state index in [1.165, 1.54) is 42.3 Å². The summed E-state index contributed by atoms with van der Waals surface area (Å²) in [6, 6.07) is 1.72. The van der Waals surface area contributed by atoms with E-state index >= 15 is 0 Å². The number of carbonyl (C=O) groups is 5. The Balaban J connectivity index is 1.28. The number of amides is 4. The summed E-state index contributed by atoms with van der Waals surface area (Å²) in [6.45, 7) is 8.12. The average Bonchev–Trinajstić information content (AvgIpc) is 3.28. The fraction of sp³-hybridized carbons (Fsp3) is 0.606. The van der Waals surface area contributed by atoms with Gasteiger partial charge in [0.1, 0.15) is 29.8 Å². The van der Waals surface area contributed by atoms with E-state index < -0.39 is 35.1 Å². The first-order chi connectivity index (χ1) is 21.6. The van der Waals surface area contributed by atoms with Gasteiger partial charge < -0.3 is 30.4 Å². The van der Waals surface area contributed by atoms with Gasteiger partial charge in [0.25, 0.3) is 17.4 Å². The van der Waals surface area contributed by atoms with Gasteiger partial charge >= 0.3 is 0 Å². The number of nitrogens with zero attached hydrogens (tertiary/aromatic N) is 3. The topological polar surface area (TPSA) is 173 Å². The molecule has 4 fully saturated rings. The van der Waals surface area contributed by atoms with Crippen LogP contribution in [0.2, 0.25) is 0 Å². The highest BCUT2D eigenvalue weighted by Crippen LogP contribution is 2.66. The van der Waals surface area contributed by atoms with Crippen molar-refractivity contribution in [1.82, 2.24) is 30.1 Å². The highest BCUT2D eigenvalue weighted by molar-refractivity contribution is 6.36. The van der Waals surface area contributed by atoms with E-state index in [2.05, 4.69) is 40.1 Å². The maximum absolute atomic E-state index is 13.5. The molecular weight excluding hydrogens is 590 g/mol. The van der Waals surface area contributed by atoms with E-state index in [-0.39, 0.29) is 59.6 Å². The molecule has 0 aliphatic heterocycles. The van der Waals surface area contributed by atoms with Crippen LogP contribution in [0, 0.1) is 23.7 Å². The second-order valence-electron chi connectivity index (χ2n) is 14.4. The number of nitrogens with one attached hydrogen (secondary N) is 4. The van der Waals surface area contributed by atoms with Crippen LogP contribution in [0.5, 0.6) is 0 Å². The van der Waals surface area contributed by atoms with Crippen molar-refractivity contribution in [3.63, 3.8) is 0 Å². The quantitative estimate of drug-likeness (QED) is 0.258. The lowest BCUT2D eigenvalue weighted by Gasteiger charge is -2.65. The van der Waals surface area contributed by atoms with E-state index in [4.69, 9.17) is 0 Å². The largest absolute Gasteiger partial charge is 0.350 e. The number of aromatic nitrogens is 3. The molecule has 4 amide bonds. The van der Waals surface area contributed by atoms with Gasteiger partial charge in [0.05, 0.1) is 6.20 Å². The fourth-order valence-corrected chi connectivity index (χ4v) is 8.92. The van der Waals surface area contributed by atoms with E-state index in [0.717, 1.165) is 19.3 Å². The summed E-state index contributed by atoms with van der Waals surface area (Å²) < 4.78 is 2.80. The average molecular weight is 636 g/mol. The maximum Gasteiger partial charge on any atom is 0.287 e. The van der Waals surface area contributed by atoms with Crippen LogP contribution in [0.3, 0.4) is 0 Å². The number of rotatable bonds is 12. The molecule has 0 spiro atoms. The minimum atomic E-state index is -1.25. The first-order valence-electron chi connectivity index (χ1n) is 16.1. The molecule has 4 aliphatic carbocycles. The van der Waals surface area contributed by atoms with Gasteiger partial charge in [0.2, 0.25) is 17.6 Å². The van der Waals surface area contributed by atoms with Gasteiger partial charge in [-0.25, -0.2) is 4.98 Å². The molecule has 0 saturated heterocycles. The molecule has 0 radical (unpaired) electrons. The van der Waals surface area contributed by atoms with Crippen LogP contribution in [-0.4, -0.2) is 61.7 Å². The second-order valence-corrected chi connectivity index (χ2v) is 14.4. The Morgan fingerprint density at radius 2 is 1.76 bits per heavy atom. The van der Waals surface area contributed by atoms with Gasteiger partial charge in [0.15, 0.2) is 0 Å². The summed E-state index contributed by atoms with van der Waals surface area (Å²) in [6.07, 6.45) is 8.79. The van der Waals surface area contributed by atoms with Gasteiger partial charge in [-0.2, -0.15) is 0 Å². The molecule has 2 aromatic rings. The SMILES string of the molecule is CCNC(=O)C(=O)CCC(NC(=O)c1cnc(C)n1C)C(=O)Nc1cccn(CC(=O)NC23CC4CC(C)(CC(C)(C4)C2)C3)c1=O. The van der Waals surface area contributed by atoms with Gasteiger partial charge in [-0.15, -0.1) is 0 Å². The third kappa shape index (κ3) is 6.92. The number of hydrogen-bond donors (Lipinski definition) is 4. The molecule has 2 aromatic heterocycles. The van der Waals surface area contributed by atoms with Gasteiger partial charge in [0, 0.05) is 31.7 Å². The molecule has 4 N–H and O–H groups in total. The van der Waals surface area contributed by atoms with Gasteiger partial charge in [-0.1, -0.05) is 13.8 Å². The number of anilines is 1. The zero-order valence-corrected chi connectivity index (χ0v) is 27.3. The molecule has 3 atom stereocenters. The molecule has 248 valence electrons. The molecule has 13 nitrogen and oxygen atoms in total. The predicted octanol–water partition coefficient (Wildman–Crippen LogP) is 1.98.